The van der Waals surface area contributed by atoms with Crippen molar-refractivity contribution >= 4 is 22.7 Å². The number of fused-ring (bicyclic) bond motifs is 1. The Labute approximate surface area is 171 Å². The number of rotatable bonds is 5. The summed E-state index contributed by atoms with van der Waals surface area (Å²) in [6.45, 7) is 1.84. The van der Waals surface area contributed by atoms with Crippen LogP contribution in [0.3, 0.4) is 0 Å². The molecule has 0 saturated carbocycles. The quantitative estimate of drug-likeness (QED) is 0.358. The maximum atomic E-state index is 5.91. The van der Waals surface area contributed by atoms with Crippen molar-refractivity contribution in [2.75, 3.05) is 0 Å². The summed E-state index contributed by atoms with van der Waals surface area (Å²) in [7, 11) is 0. The zero-order chi connectivity index (χ0) is 19.6. The van der Waals surface area contributed by atoms with Crippen molar-refractivity contribution in [3.8, 4) is 22.7 Å². The first-order chi connectivity index (χ1) is 14.3. The maximum absolute atomic E-state index is 5.91. The van der Waals surface area contributed by atoms with Gasteiger partial charge in [0.1, 0.15) is 17.0 Å². The Hall–Kier alpha value is -3.45. The third-order valence-corrected chi connectivity index (χ3v) is 5.42. The van der Waals surface area contributed by atoms with Crippen LogP contribution in [0.5, 0.6) is 0 Å². The summed E-state index contributed by atoms with van der Waals surface area (Å²) in [6, 6.07) is 21.9. The van der Waals surface area contributed by atoms with Gasteiger partial charge in [0.2, 0.25) is 5.89 Å². The molecule has 0 atom stereocenters. The summed E-state index contributed by atoms with van der Waals surface area (Å²) in [6.07, 6.45) is 0. The lowest BCUT2D eigenvalue weighted by molar-refractivity contribution is 0.399. The summed E-state index contributed by atoms with van der Waals surface area (Å²) in [5.74, 6) is 2.11. The van der Waals surface area contributed by atoms with Gasteiger partial charge in [-0.25, -0.2) is 4.98 Å². The van der Waals surface area contributed by atoms with Gasteiger partial charge in [-0.3, -0.25) is 0 Å². The minimum Gasteiger partial charge on any atom is -0.420 e. The van der Waals surface area contributed by atoms with Gasteiger partial charge in [-0.15, -0.1) is 10.2 Å². The van der Waals surface area contributed by atoms with Gasteiger partial charge in [0, 0.05) is 10.9 Å². The Morgan fingerprint density at radius 1 is 0.897 bits per heavy atom. The average molecular weight is 400 g/mol. The monoisotopic (exact) mass is 400 g/mol. The maximum Gasteiger partial charge on any atom is 0.253 e. The lowest BCUT2D eigenvalue weighted by atomic mass is 10.1. The number of thioether (sulfide) groups is 1. The highest BCUT2D eigenvalue weighted by Gasteiger charge is 2.21. The number of para-hydroxylation sites is 1. The van der Waals surface area contributed by atoms with E-state index in [0.29, 0.717) is 29.0 Å². The van der Waals surface area contributed by atoms with Crippen molar-refractivity contribution in [1.29, 1.82) is 0 Å². The van der Waals surface area contributed by atoms with Gasteiger partial charge < -0.3 is 8.94 Å². The average Bonchev–Trinajstić information content (AvgIpc) is 3.39. The Morgan fingerprint density at radius 2 is 1.72 bits per heavy atom. The second-order valence-electron chi connectivity index (χ2n) is 6.46. The van der Waals surface area contributed by atoms with E-state index in [1.54, 1.807) is 11.8 Å². The molecule has 0 radical (unpaired) electrons. The molecule has 3 aromatic heterocycles. The number of benzene rings is 2. The minimum absolute atomic E-state index is 0.407. The van der Waals surface area contributed by atoms with E-state index in [1.165, 1.54) is 0 Å². The van der Waals surface area contributed by atoms with E-state index in [-0.39, 0.29) is 0 Å². The third kappa shape index (κ3) is 3.52. The van der Waals surface area contributed by atoms with E-state index < -0.39 is 0 Å². The van der Waals surface area contributed by atoms with Gasteiger partial charge in [-0.2, -0.15) is 0 Å². The Bertz CT molecular complexity index is 1280. The first kappa shape index (κ1) is 17.6. The molecule has 0 aliphatic rings. The van der Waals surface area contributed by atoms with Crippen LogP contribution >= 0.6 is 11.8 Å². The van der Waals surface area contributed by atoms with Crippen molar-refractivity contribution in [1.82, 2.24) is 20.3 Å². The minimum atomic E-state index is 0.407. The molecule has 3 heterocycles. The van der Waals surface area contributed by atoms with Gasteiger partial charge in [-0.1, -0.05) is 71.5 Å². The molecule has 7 heteroatoms. The van der Waals surface area contributed by atoms with Crippen LogP contribution in [-0.4, -0.2) is 20.3 Å². The lowest BCUT2D eigenvalue weighted by Gasteiger charge is -2.01. The molecular weight excluding hydrogens is 384 g/mol. The first-order valence-electron chi connectivity index (χ1n) is 9.11. The van der Waals surface area contributed by atoms with Crippen LogP contribution in [0.1, 0.15) is 11.7 Å². The molecule has 0 unspecified atom stereocenters. The van der Waals surface area contributed by atoms with Gasteiger partial charge in [0.25, 0.3) is 5.89 Å². The number of nitrogens with zero attached hydrogens (tertiary/aromatic N) is 4. The summed E-state index contributed by atoms with van der Waals surface area (Å²) >= 11 is 1.56. The molecule has 0 fully saturated rings. The molecule has 0 aliphatic carbocycles. The van der Waals surface area contributed by atoms with Crippen molar-refractivity contribution in [3.63, 3.8) is 0 Å². The molecule has 29 heavy (non-hydrogen) atoms. The van der Waals surface area contributed by atoms with Crippen molar-refractivity contribution in [2.45, 2.75) is 17.7 Å². The highest BCUT2D eigenvalue weighted by atomic mass is 32.2. The molecule has 0 bridgehead atoms. The molecule has 2 aromatic carbocycles. The topological polar surface area (TPSA) is 77.8 Å². The zero-order valence-corrected chi connectivity index (χ0v) is 16.4. The molecule has 0 amide bonds. The van der Waals surface area contributed by atoms with Crippen LogP contribution in [0.2, 0.25) is 0 Å². The smallest absolute Gasteiger partial charge is 0.253 e. The van der Waals surface area contributed by atoms with Crippen LogP contribution in [-0.2, 0) is 5.75 Å². The van der Waals surface area contributed by atoms with E-state index in [0.717, 1.165) is 27.1 Å². The second kappa shape index (κ2) is 7.52. The third-order valence-electron chi connectivity index (χ3n) is 4.51. The SMILES string of the molecule is Cc1onc(-c2ccccc2)c1-c1nnc(CSc2ccc3ccccc3n2)o1. The van der Waals surface area contributed by atoms with Gasteiger partial charge in [0.05, 0.1) is 16.3 Å². The Kier molecular flexibility index (Phi) is 4.57. The van der Waals surface area contributed by atoms with Crippen molar-refractivity contribution < 1.29 is 8.94 Å². The number of pyridine rings is 1. The van der Waals surface area contributed by atoms with E-state index in [4.69, 9.17) is 8.94 Å². The summed E-state index contributed by atoms with van der Waals surface area (Å²) in [5.41, 5.74) is 3.33. The van der Waals surface area contributed by atoms with Gasteiger partial charge in [0.15, 0.2) is 0 Å². The predicted octanol–water partition coefficient (Wildman–Crippen LogP) is 5.54. The fraction of sp³-hybridized carbons (Fsp3) is 0.0909. The Morgan fingerprint density at radius 3 is 2.62 bits per heavy atom. The Balaban J connectivity index is 1.38. The van der Waals surface area contributed by atoms with Gasteiger partial charge in [-0.05, 0) is 19.1 Å². The van der Waals surface area contributed by atoms with Crippen LogP contribution in [0.4, 0.5) is 0 Å². The molecule has 5 rings (SSSR count). The summed E-state index contributed by atoms with van der Waals surface area (Å²) in [4.78, 5) is 4.66. The number of aromatic nitrogens is 4. The summed E-state index contributed by atoms with van der Waals surface area (Å²) < 4.78 is 11.3. The molecular formula is C22H16N4O2S. The predicted molar refractivity (Wildman–Crippen MR) is 111 cm³/mol. The number of aryl methyl sites for hydroxylation is 1. The normalized spacial score (nSPS) is 11.2. The summed E-state index contributed by atoms with van der Waals surface area (Å²) in [5, 5.41) is 14.6. The fourth-order valence-electron chi connectivity index (χ4n) is 3.09. The zero-order valence-electron chi connectivity index (χ0n) is 15.6. The molecule has 6 nitrogen and oxygen atoms in total. The van der Waals surface area contributed by atoms with E-state index in [1.807, 2.05) is 67.6 Å². The fourth-order valence-corrected chi connectivity index (χ4v) is 3.81. The van der Waals surface area contributed by atoms with Crippen molar-refractivity contribution in [3.05, 3.63) is 78.4 Å². The van der Waals surface area contributed by atoms with E-state index in [9.17, 15) is 0 Å². The molecule has 0 spiro atoms. The standard InChI is InChI=1S/C22H16N4O2S/c1-14-20(21(26-28-14)16-8-3-2-4-9-16)22-25-24-18(27-22)13-29-19-12-11-15-7-5-6-10-17(15)23-19/h2-12H,13H2,1H3. The van der Waals surface area contributed by atoms with Crippen LogP contribution < -0.4 is 0 Å². The lowest BCUT2D eigenvalue weighted by Crippen LogP contribution is -1.85. The molecule has 0 aliphatic heterocycles. The van der Waals surface area contributed by atoms with Crippen LogP contribution in [0.25, 0.3) is 33.6 Å². The first-order valence-corrected chi connectivity index (χ1v) is 10.1. The highest BCUT2D eigenvalue weighted by Crippen LogP contribution is 2.34. The highest BCUT2D eigenvalue weighted by molar-refractivity contribution is 7.98. The second-order valence-corrected chi connectivity index (χ2v) is 7.46. The molecule has 0 N–H and O–H groups in total. The largest absolute Gasteiger partial charge is 0.420 e. The molecule has 142 valence electrons. The van der Waals surface area contributed by atoms with Crippen LogP contribution in [0, 0.1) is 6.92 Å². The van der Waals surface area contributed by atoms with Crippen molar-refractivity contribution in [2.24, 2.45) is 0 Å². The van der Waals surface area contributed by atoms with E-state index >= 15 is 0 Å². The number of hydrogen-bond donors (Lipinski definition) is 0. The molecule has 5 aromatic rings. The van der Waals surface area contributed by atoms with Gasteiger partial charge >= 0.3 is 0 Å². The number of hydrogen-bond acceptors (Lipinski definition) is 7. The van der Waals surface area contributed by atoms with Crippen LogP contribution in [0.15, 0.2) is 80.7 Å². The van der Waals surface area contributed by atoms with E-state index in [2.05, 4.69) is 26.4 Å². The molecule has 0 saturated heterocycles.